The van der Waals surface area contributed by atoms with E-state index in [9.17, 15) is 9.59 Å². The normalized spacial score (nSPS) is 13.8. The van der Waals surface area contributed by atoms with Crippen LogP contribution in [-0.2, 0) is 14.3 Å². The highest BCUT2D eigenvalue weighted by Gasteiger charge is 2.27. The summed E-state index contributed by atoms with van der Waals surface area (Å²) in [5, 5.41) is 2.66. The predicted molar refractivity (Wildman–Crippen MR) is 68.7 cm³/mol. The topological polar surface area (TPSA) is 64.6 Å². The molecule has 16 heavy (non-hydrogen) atoms. The monoisotopic (exact) mass is 343 g/mol. The van der Waals surface area contributed by atoms with Crippen molar-refractivity contribution >= 4 is 34.7 Å². The maximum atomic E-state index is 11.3. The number of amides is 1. The maximum Gasteiger partial charge on any atom is 0.407 e. The number of carbonyl (C=O) groups excluding carboxylic acids is 2. The lowest BCUT2D eigenvalue weighted by atomic mass is 10.1. The Morgan fingerprint density at radius 1 is 1.38 bits per heavy atom. The number of hydrogen-bond donors (Lipinski definition) is 1. The van der Waals surface area contributed by atoms with E-state index < -0.39 is 10.0 Å². The summed E-state index contributed by atoms with van der Waals surface area (Å²) >= 11 is 1.97. The molecule has 0 aliphatic heterocycles. The van der Waals surface area contributed by atoms with Crippen molar-refractivity contribution < 1.29 is 19.1 Å². The molecule has 0 saturated heterocycles. The molecule has 0 aliphatic carbocycles. The third-order valence-corrected chi connectivity index (χ3v) is 3.33. The van der Waals surface area contributed by atoms with Gasteiger partial charge in [0.15, 0.2) is 0 Å². The van der Waals surface area contributed by atoms with Gasteiger partial charge in [0.25, 0.3) is 0 Å². The first-order valence-electron chi connectivity index (χ1n) is 5.21. The van der Waals surface area contributed by atoms with E-state index in [2.05, 4.69) is 10.1 Å². The number of hydrogen-bond acceptors (Lipinski definition) is 4. The van der Waals surface area contributed by atoms with Gasteiger partial charge in [0, 0.05) is 0 Å². The molecule has 1 amide bonds. The number of carbonyl (C=O) groups is 2. The molecule has 1 N–H and O–H groups in total. The van der Waals surface area contributed by atoms with E-state index in [-0.39, 0.29) is 12.0 Å². The second-order valence-corrected chi connectivity index (χ2v) is 4.53. The molecular weight excluding hydrogens is 325 g/mol. The highest BCUT2D eigenvalue weighted by molar-refractivity contribution is 14.1. The molecule has 2 atom stereocenters. The van der Waals surface area contributed by atoms with Crippen LogP contribution in [0.2, 0.25) is 0 Å². The standard InChI is InChI=1S/C10H18INO4/c1-4-6-7(8(11)9(13)15-3)12-10(14)16-5-2/h7-8H,4-6H2,1-3H3,(H,12,14)/t7-,8-/m0/s1. The lowest BCUT2D eigenvalue weighted by Crippen LogP contribution is -2.44. The minimum Gasteiger partial charge on any atom is -0.468 e. The van der Waals surface area contributed by atoms with E-state index in [1.165, 1.54) is 7.11 Å². The van der Waals surface area contributed by atoms with Crippen molar-refractivity contribution in [1.82, 2.24) is 5.32 Å². The number of esters is 1. The van der Waals surface area contributed by atoms with Crippen molar-refractivity contribution in [3.05, 3.63) is 0 Å². The molecule has 0 heterocycles. The second kappa shape index (κ2) is 8.60. The number of nitrogens with one attached hydrogen (secondary N) is 1. The highest BCUT2D eigenvalue weighted by Crippen LogP contribution is 2.13. The molecule has 0 radical (unpaired) electrons. The SMILES string of the molecule is CCC[C@H](NC(=O)OCC)[C@H](I)C(=O)OC. The summed E-state index contributed by atoms with van der Waals surface area (Å²) in [4.78, 5) is 22.6. The Bertz CT molecular complexity index is 235. The first-order valence-corrected chi connectivity index (χ1v) is 6.46. The summed E-state index contributed by atoms with van der Waals surface area (Å²) in [5.41, 5.74) is 0. The Balaban J connectivity index is 4.35. The van der Waals surface area contributed by atoms with Crippen LogP contribution in [-0.4, -0.2) is 35.7 Å². The van der Waals surface area contributed by atoms with Crippen molar-refractivity contribution in [1.29, 1.82) is 0 Å². The van der Waals surface area contributed by atoms with Crippen molar-refractivity contribution in [2.45, 2.75) is 36.7 Å². The zero-order chi connectivity index (χ0) is 12.6. The van der Waals surface area contributed by atoms with Crippen molar-refractivity contribution in [3.8, 4) is 0 Å². The third-order valence-electron chi connectivity index (χ3n) is 1.96. The molecule has 0 aromatic rings. The maximum absolute atomic E-state index is 11.3. The van der Waals surface area contributed by atoms with Crippen LogP contribution in [0.1, 0.15) is 26.7 Å². The fourth-order valence-corrected chi connectivity index (χ4v) is 2.00. The van der Waals surface area contributed by atoms with Crippen LogP contribution in [0.4, 0.5) is 4.79 Å². The zero-order valence-corrected chi connectivity index (χ0v) is 11.9. The van der Waals surface area contributed by atoms with Crippen LogP contribution in [0.25, 0.3) is 0 Å². The average molecular weight is 343 g/mol. The molecule has 6 heteroatoms. The summed E-state index contributed by atoms with van der Waals surface area (Å²) in [6.07, 6.45) is 1.08. The molecule has 0 bridgehead atoms. The van der Waals surface area contributed by atoms with E-state index >= 15 is 0 Å². The lowest BCUT2D eigenvalue weighted by molar-refractivity contribution is -0.140. The van der Waals surface area contributed by atoms with E-state index in [1.807, 2.05) is 29.5 Å². The largest absolute Gasteiger partial charge is 0.468 e. The molecule has 0 fully saturated rings. The predicted octanol–water partition coefficient (Wildman–Crippen LogP) is 1.88. The van der Waals surface area contributed by atoms with Crippen LogP contribution >= 0.6 is 22.6 Å². The van der Waals surface area contributed by atoms with Crippen molar-refractivity contribution in [2.75, 3.05) is 13.7 Å². The first kappa shape index (κ1) is 15.5. The summed E-state index contributed by atoms with van der Waals surface area (Å²) in [6, 6.07) is -0.253. The molecule has 5 nitrogen and oxygen atoms in total. The molecule has 0 aromatic heterocycles. The van der Waals surface area contributed by atoms with Crippen molar-refractivity contribution in [3.63, 3.8) is 0 Å². The minimum absolute atomic E-state index is 0.253. The number of alkyl halides is 1. The second-order valence-electron chi connectivity index (χ2n) is 3.18. The Kier molecular flexibility index (Phi) is 8.32. The van der Waals surface area contributed by atoms with Gasteiger partial charge < -0.3 is 14.8 Å². The van der Waals surface area contributed by atoms with Gasteiger partial charge in [0.05, 0.1) is 19.8 Å². The Morgan fingerprint density at radius 3 is 2.44 bits per heavy atom. The van der Waals surface area contributed by atoms with Crippen molar-refractivity contribution in [2.24, 2.45) is 0 Å². The van der Waals surface area contributed by atoms with Gasteiger partial charge in [-0.25, -0.2) is 4.79 Å². The molecule has 0 spiro atoms. The summed E-state index contributed by atoms with van der Waals surface area (Å²) < 4.78 is 9.02. The van der Waals surface area contributed by atoms with Gasteiger partial charge in [-0.3, -0.25) is 4.79 Å². The molecule has 0 aliphatic rings. The van der Waals surface area contributed by atoms with Gasteiger partial charge in [-0.15, -0.1) is 0 Å². The van der Waals surface area contributed by atoms with Gasteiger partial charge in [0.2, 0.25) is 0 Å². The number of methoxy groups -OCH3 is 1. The molecule has 0 saturated carbocycles. The van der Waals surface area contributed by atoms with Gasteiger partial charge in [0.1, 0.15) is 3.92 Å². The molecule has 0 unspecified atom stereocenters. The van der Waals surface area contributed by atoms with E-state index in [1.54, 1.807) is 6.92 Å². The Labute approximate surface area is 109 Å². The van der Waals surface area contributed by atoms with Crippen LogP contribution in [0.3, 0.4) is 0 Å². The first-order chi connectivity index (χ1) is 7.56. The molecule has 0 aromatic carbocycles. The molecular formula is C10H18INO4. The Morgan fingerprint density at radius 2 is 2.00 bits per heavy atom. The fourth-order valence-electron chi connectivity index (χ4n) is 1.20. The van der Waals surface area contributed by atoms with E-state index in [4.69, 9.17) is 4.74 Å². The quantitative estimate of drug-likeness (QED) is 0.454. The van der Waals surface area contributed by atoms with Gasteiger partial charge in [-0.1, -0.05) is 35.9 Å². The lowest BCUT2D eigenvalue weighted by Gasteiger charge is -2.21. The van der Waals surface area contributed by atoms with Gasteiger partial charge in [-0.05, 0) is 13.3 Å². The molecule has 94 valence electrons. The van der Waals surface area contributed by atoms with Gasteiger partial charge >= 0.3 is 12.1 Å². The average Bonchev–Trinajstić information content (AvgIpc) is 2.26. The highest BCUT2D eigenvalue weighted by atomic mass is 127. The minimum atomic E-state index is -0.494. The van der Waals surface area contributed by atoms with Crippen LogP contribution in [0, 0.1) is 0 Å². The summed E-state index contributed by atoms with van der Waals surface area (Å²) in [6.45, 7) is 4.03. The van der Waals surface area contributed by atoms with E-state index in [0.717, 1.165) is 6.42 Å². The van der Waals surface area contributed by atoms with Crippen LogP contribution in [0.5, 0.6) is 0 Å². The van der Waals surface area contributed by atoms with Gasteiger partial charge in [-0.2, -0.15) is 0 Å². The smallest absolute Gasteiger partial charge is 0.407 e. The fraction of sp³-hybridized carbons (Fsp3) is 0.800. The number of rotatable bonds is 6. The summed E-state index contributed by atoms with van der Waals surface area (Å²) in [5.74, 6) is -0.337. The number of halogens is 1. The Hall–Kier alpha value is -0.530. The number of ether oxygens (including phenoxy) is 2. The zero-order valence-electron chi connectivity index (χ0n) is 9.79. The van der Waals surface area contributed by atoms with Crippen LogP contribution < -0.4 is 5.32 Å². The van der Waals surface area contributed by atoms with E-state index in [0.29, 0.717) is 13.0 Å². The third kappa shape index (κ3) is 5.53. The molecule has 0 rings (SSSR count). The number of alkyl carbamates (subject to hydrolysis) is 1. The summed E-state index contributed by atoms with van der Waals surface area (Å²) in [7, 11) is 1.33. The van der Waals surface area contributed by atoms with Crippen LogP contribution in [0.15, 0.2) is 0 Å².